The molecule has 1 unspecified atom stereocenters. The van der Waals surface area contributed by atoms with Crippen LogP contribution >= 0.6 is 0 Å². The molecule has 7 heteroatoms. The second-order valence-electron chi connectivity index (χ2n) is 5.80. The number of carbonyl (C=O) groups excluding carboxylic acids is 2. The third-order valence-electron chi connectivity index (χ3n) is 4.37. The molecule has 2 amide bonds. The molecule has 0 saturated carbocycles. The van der Waals surface area contributed by atoms with E-state index in [0.29, 0.717) is 29.9 Å². The molecule has 1 aliphatic heterocycles. The molecule has 1 saturated heterocycles. The summed E-state index contributed by atoms with van der Waals surface area (Å²) in [6, 6.07) is 5.47. The largest absolute Gasteiger partial charge is 0.357 e. The van der Waals surface area contributed by atoms with Gasteiger partial charge < -0.3 is 10.2 Å². The molecule has 2 aromatic rings. The van der Waals surface area contributed by atoms with Crippen LogP contribution in [0.25, 0.3) is 5.69 Å². The fourth-order valence-electron chi connectivity index (χ4n) is 3.07. The molecule has 1 fully saturated rings. The van der Waals surface area contributed by atoms with Gasteiger partial charge in [-0.25, -0.2) is 9.07 Å². The van der Waals surface area contributed by atoms with E-state index in [1.807, 2.05) is 0 Å². The second kappa shape index (κ2) is 6.43. The van der Waals surface area contributed by atoms with Crippen molar-refractivity contribution in [2.45, 2.75) is 25.8 Å². The third kappa shape index (κ3) is 2.77. The highest BCUT2D eigenvalue weighted by atomic mass is 19.1. The molecule has 0 aliphatic carbocycles. The minimum absolute atomic E-state index is 0.149. The van der Waals surface area contributed by atoms with Crippen LogP contribution in [0.5, 0.6) is 0 Å². The number of likely N-dealkylation sites (tertiary alicyclic amines) is 1. The minimum Gasteiger partial charge on any atom is -0.357 e. The van der Waals surface area contributed by atoms with Crippen LogP contribution in [0.15, 0.2) is 30.5 Å². The van der Waals surface area contributed by atoms with Crippen molar-refractivity contribution in [3.63, 3.8) is 0 Å². The molecule has 24 heavy (non-hydrogen) atoms. The van der Waals surface area contributed by atoms with Gasteiger partial charge in [-0.2, -0.15) is 5.10 Å². The van der Waals surface area contributed by atoms with Crippen LogP contribution in [-0.4, -0.2) is 46.1 Å². The van der Waals surface area contributed by atoms with Crippen LogP contribution in [0.2, 0.25) is 0 Å². The minimum atomic E-state index is -0.434. The molecular formula is C17H19FN4O2. The lowest BCUT2D eigenvalue weighted by Crippen LogP contribution is -2.45. The van der Waals surface area contributed by atoms with Gasteiger partial charge in [0.25, 0.3) is 5.91 Å². The van der Waals surface area contributed by atoms with Gasteiger partial charge in [0.1, 0.15) is 11.9 Å². The Hall–Kier alpha value is -2.70. The topological polar surface area (TPSA) is 67.2 Å². The molecule has 2 heterocycles. The summed E-state index contributed by atoms with van der Waals surface area (Å²) in [6.45, 7) is 2.34. The first-order chi connectivity index (χ1) is 11.5. The van der Waals surface area contributed by atoms with E-state index in [2.05, 4.69) is 10.4 Å². The van der Waals surface area contributed by atoms with E-state index in [1.165, 1.54) is 18.3 Å². The van der Waals surface area contributed by atoms with Crippen LogP contribution in [0.3, 0.4) is 0 Å². The molecule has 1 aliphatic rings. The summed E-state index contributed by atoms with van der Waals surface area (Å²) in [5.74, 6) is -0.679. The van der Waals surface area contributed by atoms with E-state index < -0.39 is 6.04 Å². The molecule has 1 N–H and O–H groups in total. The zero-order chi connectivity index (χ0) is 17.3. The van der Waals surface area contributed by atoms with E-state index in [4.69, 9.17) is 0 Å². The number of aromatic nitrogens is 2. The number of rotatable bonds is 3. The standard InChI is InChI=1S/C17H19FN4O2/c1-11-14(10-20-22(11)13-7-5-12(18)6-8-13)17(24)21-9-3-4-15(21)16(23)19-2/h5-8,10,15H,3-4,9H2,1-2H3,(H,19,23). The molecule has 0 bridgehead atoms. The van der Waals surface area contributed by atoms with Crippen molar-refractivity contribution in [3.8, 4) is 5.69 Å². The Labute approximate surface area is 139 Å². The van der Waals surface area contributed by atoms with Gasteiger partial charge in [-0.05, 0) is 44.0 Å². The van der Waals surface area contributed by atoms with Crippen molar-refractivity contribution in [1.29, 1.82) is 0 Å². The van der Waals surface area contributed by atoms with Crippen LogP contribution in [0.4, 0.5) is 4.39 Å². The van der Waals surface area contributed by atoms with E-state index >= 15 is 0 Å². The average molecular weight is 330 g/mol. The van der Waals surface area contributed by atoms with E-state index in [9.17, 15) is 14.0 Å². The fourth-order valence-corrected chi connectivity index (χ4v) is 3.07. The monoisotopic (exact) mass is 330 g/mol. The summed E-state index contributed by atoms with van der Waals surface area (Å²) < 4.78 is 14.7. The first kappa shape index (κ1) is 16.2. The smallest absolute Gasteiger partial charge is 0.258 e. The van der Waals surface area contributed by atoms with Gasteiger partial charge in [0.05, 0.1) is 23.1 Å². The maximum absolute atomic E-state index is 13.1. The number of hydrogen-bond donors (Lipinski definition) is 1. The lowest BCUT2D eigenvalue weighted by atomic mass is 10.1. The van der Waals surface area contributed by atoms with Crippen LogP contribution in [0.1, 0.15) is 28.9 Å². The summed E-state index contributed by atoms with van der Waals surface area (Å²) in [7, 11) is 1.57. The zero-order valence-electron chi connectivity index (χ0n) is 13.6. The molecule has 1 atom stereocenters. The second-order valence-corrected chi connectivity index (χ2v) is 5.80. The number of likely N-dealkylation sites (N-methyl/N-ethyl adjacent to an activating group) is 1. The summed E-state index contributed by atoms with van der Waals surface area (Å²) >= 11 is 0. The number of hydrogen-bond acceptors (Lipinski definition) is 3. The zero-order valence-corrected chi connectivity index (χ0v) is 13.6. The van der Waals surface area contributed by atoms with Gasteiger partial charge in [0, 0.05) is 13.6 Å². The molecule has 3 rings (SSSR count). The number of nitrogens with one attached hydrogen (secondary N) is 1. The Morgan fingerprint density at radius 1 is 1.29 bits per heavy atom. The van der Waals surface area contributed by atoms with Crippen molar-refractivity contribution in [2.24, 2.45) is 0 Å². The van der Waals surface area contributed by atoms with E-state index in [1.54, 1.807) is 35.7 Å². The maximum atomic E-state index is 13.1. The van der Waals surface area contributed by atoms with Gasteiger partial charge >= 0.3 is 0 Å². The third-order valence-corrected chi connectivity index (χ3v) is 4.37. The molecule has 126 valence electrons. The number of nitrogens with zero attached hydrogens (tertiary/aromatic N) is 3. The average Bonchev–Trinajstić information content (AvgIpc) is 3.21. The SMILES string of the molecule is CNC(=O)C1CCCN1C(=O)c1cnn(-c2ccc(F)cc2)c1C. The summed E-state index contributed by atoms with van der Waals surface area (Å²) in [5.41, 5.74) is 1.79. The number of carbonyl (C=O) groups is 2. The Morgan fingerprint density at radius 2 is 2.00 bits per heavy atom. The Bertz CT molecular complexity index is 769. The first-order valence-corrected chi connectivity index (χ1v) is 7.86. The predicted molar refractivity (Wildman–Crippen MR) is 86.4 cm³/mol. The lowest BCUT2D eigenvalue weighted by Gasteiger charge is -2.23. The van der Waals surface area contributed by atoms with Crippen molar-refractivity contribution < 1.29 is 14.0 Å². The Kier molecular flexibility index (Phi) is 4.33. The normalized spacial score (nSPS) is 17.1. The lowest BCUT2D eigenvalue weighted by molar-refractivity contribution is -0.124. The van der Waals surface area contributed by atoms with Crippen LogP contribution < -0.4 is 5.32 Å². The van der Waals surface area contributed by atoms with Crippen molar-refractivity contribution >= 4 is 11.8 Å². The Balaban J connectivity index is 1.89. The van der Waals surface area contributed by atoms with E-state index in [0.717, 1.165) is 6.42 Å². The Morgan fingerprint density at radius 3 is 2.67 bits per heavy atom. The number of benzene rings is 1. The highest BCUT2D eigenvalue weighted by Crippen LogP contribution is 2.23. The predicted octanol–water partition coefficient (Wildman–Crippen LogP) is 1.67. The van der Waals surface area contributed by atoms with Crippen LogP contribution in [0, 0.1) is 12.7 Å². The fraction of sp³-hybridized carbons (Fsp3) is 0.353. The summed E-state index contributed by atoms with van der Waals surface area (Å²) in [4.78, 5) is 26.4. The molecule has 0 radical (unpaired) electrons. The van der Waals surface area contributed by atoms with Crippen molar-refractivity contribution in [2.75, 3.05) is 13.6 Å². The van der Waals surface area contributed by atoms with Gasteiger partial charge in [-0.1, -0.05) is 0 Å². The van der Waals surface area contributed by atoms with E-state index in [-0.39, 0.29) is 17.6 Å². The molecular weight excluding hydrogens is 311 g/mol. The van der Waals surface area contributed by atoms with Gasteiger partial charge in [0.15, 0.2) is 0 Å². The molecule has 1 aromatic carbocycles. The first-order valence-electron chi connectivity index (χ1n) is 7.86. The molecule has 0 spiro atoms. The number of amides is 2. The summed E-state index contributed by atoms with van der Waals surface area (Å²) in [6.07, 6.45) is 2.96. The highest BCUT2D eigenvalue weighted by molar-refractivity contribution is 5.98. The van der Waals surface area contributed by atoms with Gasteiger partial charge in [0.2, 0.25) is 5.91 Å². The maximum Gasteiger partial charge on any atom is 0.258 e. The molecule has 1 aromatic heterocycles. The van der Waals surface area contributed by atoms with Crippen LogP contribution in [-0.2, 0) is 4.79 Å². The quantitative estimate of drug-likeness (QED) is 0.931. The van der Waals surface area contributed by atoms with Crippen molar-refractivity contribution in [3.05, 3.63) is 47.5 Å². The van der Waals surface area contributed by atoms with Gasteiger partial charge in [-0.3, -0.25) is 9.59 Å². The number of halogens is 1. The van der Waals surface area contributed by atoms with Gasteiger partial charge in [-0.15, -0.1) is 0 Å². The molecule has 6 nitrogen and oxygen atoms in total. The summed E-state index contributed by atoms with van der Waals surface area (Å²) in [5, 5.41) is 6.85. The highest BCUT2D eigenvalue weighted by Gasteiger charge is 2.35. The van der Waals surface area contributed by atoms with Crippen molar-refractivity contribution in [1.82, 2.24) is 20.0 Å².